The Balaban J connectivity index is 1.64. The molecule has 0 radical (unpaired) electrons. The number of benzene rings is 2. The SMILES string of the molecule is CCCOc1ccc(/C=C/C(=O)Nc2nc(-c3cc(OC)ccc3OC)cs2)cc1. The second-order valence-corrected chi connectivity index (χ2v) is 7.20. The van der Waals surface area contributed by atoms with Crippen molar-refractivity contribution >= 4 is 28.5 Å². The zero-order chi connectivity index (χ0) is 21.3. The molecule has 1 amide bonds. The molecule has 6 nitrogen and oxygen atoms in total. The van der Waals surface area contributed by atoms with Crippen molar-refractivity contribution in [1.29, 1.82) is 0 Å². The van der Waals surface area contributed by atoms with Crippen molar-refractivity contribution in [3.8, 4) is 28.5 Å². The number of ether oxygens (including phenoxy) is 3. The highest BCUT2D eigenvalue weighted by atomic mass is 32.1. The van der Waals surface area contributed by atoms with Gasteiger partial charge in [-0.3, -0.25) is 10.1 Å². The standard InChI is InChI=1S/C23H24N2O4S/c1-4-13-29-17-8-5-16(6-9-17)7-12-22(26)25-23-24-20(15-30-23)19-14-18(27-2)10-11-21(19)28-3/h5-12,14-15H,4,13H2,1-3H3,(H,24,25,26)/b12-7+. The van der Waals surface area contributed by atoms with E-state index in [1.54, 1.807) is 20.3 Å². The van der Waals surface area contributed by atoms with Gasteiger partial charge < -0.3 is 14.2 Å². The predicted molar refractivity (Wildman–Crippen MR) is 121 cm³/mol. The summed E-state index contributed by atoms with van der Waals surface area (Å²) in [5, 5.41) is 5.17. The monoisotopic (exact) mass is 424 g/mol. The van der Waals surface area contributed by atoms with E-state index in [0.29, 0.717) is 28.9 Å². The number of rotatable bonds is 9. The van der Waals surface area contributed by atoms with Crippen LogP contribution in [0.1, 0.15) is 18.9 Å². The summed E-state index contributed by atoms with van der Waals surface area (Å²) in [6.45, 7) is 2.75. The Morgan fingerprint density at radius 2 is 1.87 bits per heavy atom. The fraction of sp³-hybridized carbons (Fsp3) is 0.217. The molecule has 7 heteroatoms. The van der Waals surface area contributed by atoms with Crippen LogP contribution in [0.25, 0.3) is 17.3 Å². The zero-order valence-electron chi connectivity index (χ0n) is 17.2. The Kier molecular flexibility index (Phi) is 7.45. The molecular formula is C23H24N2O4S. The van der Waals surface area contributed by atoms with E-state index in [4.69, 9.17) is 14.2 Å². The topological polar surface area (TPSA) is 69.7 Å². The molecule has 0 bridgehead atoms. The summed E-state index contributed by atoms with van der Waals surface area (Å²) in [5.74, 6) is 1.96. The van der Waals surface area contributed by atoms with Gasteiger partial charge in [0.15, 0.2) is 5.13 Å². The van der Waals surface area contributed by atoms with E-state index in [-0.39, 0.29) is 5.91 Å². The Morgan fingerprint density at radius 1 is 1.10 bits per heavy atom. The number of thiazole rings is 1. The van der Waals surface area contributed by atoms with Gasteiger partial charge in [0.1, 0.15) is 17.2 Å². The highest BCUT2D eigenvalue weighted by molar-refractivity contribution is 7.14. The van der Waals surface area contributed by atoms with Crippen LogP contribution in [-0.4, -0.2) is 31.7 Å². The second kappa shape index (κ2) is 10.5. The van der Waals surface area contributed by atoms with Crippen LogP contribution in [0.3, 0.4) is 0 Å². The number of nitrogens with zero attached hydrogens (tertiary/aromatic N) is 1. The summed E-state index contributed by atoms with van der Waals surface area (Å²) in [5.41, 5.74) is 2.42. The van der Waals surface area contributed by atoms with Crippen LogP contribution in [0.2, 0.25) is 0 Å². The number of amides is 1. The quantitative estimate of drug-likeness (QED) is 0.474. The molecule has 3 rings (SSSR count). The molecule has 0 atom stereocenters. The highest BCUT2D eigenvalue weighted by Crippen LogP contribution is 2.35. The molecule has 0 saturated carbocycles. The summed E-state index contributed by atoms with van der Waals surface area (Å²) >= 11 is 1.35. The lowest BCUT2D eigenvalue weighted by atomic mass is 10.1. The molecule has 1 heterocycles. The minimum absolute atomic E-state index is 0.250. The van der Waals surface area contributed by atoms with E-state index < -0.39 is 0 Å². The largest absolute Gasteiger partial charge is 0.497 e. The van der Waals surface area contributed by atoms with Crippen LogP contribution in [0.5, 0.6) is 17.2 Å². The molecular weight excluding hydrogens is 400 g/mol. The first-order valence-electron chi connectivity index (χ1n) is 9.52. The van der Waals surface area contributed by atoms with E-state index in [9.17, 15) is 4.79 Å². The van der Waals surface area contributed by atoms with Crippen molar-refractivity contribution in [2.24, 2.45) is 0 Å². The van der Waals surface area contributed by atoms with Gasteiger partial charge in [-0.2, -0.15) is 0 Å². The molecule has 0 aliphatic heterocycles. The maximum atomic E-state index is 12.3. The van der Waals surface area contributed by atoms with Gasteiger partial charge in [-0.25, -0.2) is 4.98 Å². The smallest absolute Gasteiger partial charge is 0.250 e. The van der Waals surface area contributed by atoms with Gasteiger partial charge in [-0.15, -0.1) is 11.3 Å². The molecule has 0 fully saturated rings. The molecule has 0 spiro atoms. The van der Waals surface area contributed by atoms with Crippen molar-refractivity contribution in [3.05, 3.63) is 59.5 Å². The van der Waals surface area contributed by atoms with Crippen molar-refractivity contribution in [2.45, 2.75) is 13.3 Å². The number of methoxy groups -OCH3 is 2. The first kappa shape index (κ1) is 21.4. The first-order chi connectivity index (χ1) is 14.6. The predicted octanol–water partition coefficient (Wildman–Crippen LogP) is 5.27. The van der Waals surface area contributed by atoms with Gasteiger partial charge in [0.05, 0.1) is 26.5 Å². The lowest BCUT2D eigenvalue weighted by Gasteiger charge is -2.08. The number of aromatic nitrogens is 1. The van der Waals surface area contributed by atoms with Crippen LogP contribution in [0.15, 0.2) is 53.9 Å². The third-order valence-electron chi connectivity index (χ3n) is 4.20. The molecule has 2 aromatic carbocycles. The number of carbonyl (C=O) groups is 1. The van der Waals surface area contributed by atoms with E-state index in [2.05, 4.69) is 17.2 Å². The van der Waals surface area contributed by atoms with E-state index in [1.807, 2.05) is 47.8 Å². The van der Waals surface area contributed by atoms with Crippen molar-refractivity contribution in [2.75, 3.05) is 26.1 Å². The molecule has 3 aromatic rings. The maximum absolute atomic E-state index is 12.3. The van der Waals surface area contributed by atoms with Gasteiger partial charge in [-0.05, 0) is 48.4 Å². The molecule has 0 aliphatic rings. The molecule has 156 valence electrons. The molecule has 30 heavy (non-hydrogen) atoms. The summed E-state index contributed by atoms with van der Waals surface area (Å²) in [4.78, 5) is 16.8. The minimum Gasteiger partial charge on any atom is -0.497 e. The summed E-state index contributed by atoms with van der Waals surface area (Å²) in [6, 6.07) is 13.1. The van der Waals surface area contributed by atoms with Gasteiger partial charge in [-0.1, -0.05) is 19.1 Å². The van der Waals surface area contributed by atoms with Crippen LogP contribution >= 0.6 is 11.3 Å². The van der Waals surface area contributed by atoms with Crippen molar-refractivity contribution in [1.82, 2.24) is 4.98 Å². The van der Waals surface area contributed by atoms with E-state index in [0.717, 1.165) is 23.3 Å². The van der Waals surface area contributed by atoms with Gasteiger partial charge in [0.2, 0.25) is 5.91 Å². The molecule has 0 unspecified atom stereocenters. The normalized spacial score (nSPS) is 10.8. The average molecular weight is 425 g/mol. The molecule has 1 aromatic heterocycles. The number of nitrogens with one attached hydrogen (secondary N) is 1. The number of hydrogen-bond acceptors (Lipinski definition) is 6. The lowest BCUT2D eigenvalue weighted by molar-refractivity contribution is -0.111. The Hall–Kier alpha value is -3.32. The van der Waals surface area contributed by atoms with Crippen LogP contribution < -0.4 is 19.5 Å². The van der Waals surface area contributed by atoms with Gasteiger partial charge in [0, 0.05) is 17.0 Å². The van der Waals surface area contributed by atoms with Crippen molar-refractivity contribution in [3.63, 3.8) is 0 Å². The first-order valence-corrected chi connectivity index (χ1v) is 10.4. The van der Waals surface area contributed by atoms with E-state index >= 15 is 0 Å². The number of hydrogen-bond donors (Lipinski definition) is 1. The summed E-state index contributed by atoms with van der Waals surface area (Å²) in [7, 11) is 3.21. The maximum Gasteiger partial charge on any atom is 0.250 e. The Bertz CT molecular complexity index is 1010. The van der Waals surface area contributed by atoms with Crippen LogP contribution in [-0.2, 0) is 4.79 Å². The Labute approximate surface area is 180 Å². The fourth-order valence-electron chi connectivity index (χ4n) is 2.68. The van der Waals surface area contributed by atoms with Gasteiger partial charge in [0.25, 0.3) is 0 Å². The highest BCUT2D eigenvalue weighted by Gasteiger charge is 2.12. The van der Waals surface area contributed by atoms with Crippen molar-refractivity contribution < 1.29 is 19.0 Å². The number of anilines is 1. The average Bonchev–Trinajstić information content (AvgIpc) is 3.24. The van der Waals surface area contributed by atoms with E-state index in [1.165, 1.54) is 17.4 Å². The minimum atomic E-state index is -0.250. The third-order valence-corrected chi connectivity index (χ3v) is 4.95. The lowest BCUT2D eigenvalue weighted by Crippen LogP contribution is -2.07. The Morgan fingerprint density at radius 3 is 2.57 bits per heavy atom. The molecule has 0 saturated heterocycles. The second-order valence-electron chi connectivity index (χ2n) is 6.34. The number of carbonyl (C=O) groups excluding carboxylic acids is 1. The van der Waals surface area contributed by atoms with Crippen LogP contribution in [0.4, 0.5) is 5.13 Å². The zero-order valence-corrected chi connectivity index (χ0v) is 18.0. The molecule has 1 N–H and O–H groups in total. The van der Waals surface area contributed by atoms with Crippen LogP contribution in [0, 0.1) is 0 Å². The molecule has 0 aliphatic carbocycles. The fourth-order valence-corrected chi connectivity index (χ4v) is 3.40. The summed E-state index contributed by atoms with van der Waals surface area (Å²) < 4.78 is 16.2. The summed E-state index contributed by atoms with van der Waals surface area (Å²) in [6.07, 6.45) is 4.19. The van der Waals surface area contributed by atoms with Gasteiger partial charge >= 0.3 is 0 Å². The third kappa shape index (κ3) is 5.61.